The van der Waals surface area contributed by atoms with E-state index in [1.165, 1.54) is 0 Å². The van der Waals surface area contributed by atoms with E-state index < -0.39 is 20.0 Å². The summed E-state index contributed by atoms with van der Waals surface area (Å²) in [5, 5.41) is 14.1. The fourth-order valence-corrected chi connectivity index (χ4v) is 2.84. The van der Waals surface area contributed by atoms with Crippen LogP contribution in [0.1, 0.15) is 47.2 Å². The van der Waals surface area contributed by atoms with Gasteiger partial charge in [0.1, 0.15) is 5.60 Å². The third-order valence-corrected chi connectivity index (χ3v) is 9.05. The van der Waals surface area contributed by atoms with Gasteiger partial charge in [0, 0.05) is 19.2 Å². The summed E-state index contributed by atoms with van der Waals surface area (Å²) in [5.74, 6) is 6.00. The molecule has 0 saturated heterocycles. The molecule has 29 heavy (non-hydrogen) atoms. The van der Waals surface area contributed by atoms with Crippen molar-refractivity contribution in [2.45, 2.75) is 65.3 Å². The molecule has 1 amide bonds. The van der Waals surface area contributed by atoms with Crippen LogP contribution in [-0.4, -0.2) is 49.9 Å². The summed E-state index contributed by atoms with van der Waals surface area (Å²) in [5.41, 5.74) is 0.594. The van der Waals surface area contributed by atoms with Gasteiger partial charge in [0.05, 0.1) is 12.3 Å². The smallest absolute Gasteiger partial charge is 0.407 e. The first-order valence-corrected chi connectivity index (χ1v) is 12.9. The van der Waals surface area contributed by atoms with Crippen molar-refractivity contribution < 1.29 is 14.0 Å². The third-order valence-electron chi connectivity index (χ3n) is 4.39. The lowest BCUT2D eigenvalue weighted by Crippen LogP contribution is -2.40. The Hall–Kier alpha value is -1.82. The Morgan fingerprint density at radius 1 is 1.17 bits per heavy atom. The maximum absolute atomic E-state index is 11.7. The van der Waals surface area contributed by atoms with Gasteiger partial charge < -0.3 is 19.8 Å². The minimum atomic E-state index is -1.85. The van der Waals surface area contributed by atoms with Crippen LogP contribution in [0.5, 0.6) is 0 Å². The molecule has 1 aromatic heterocycles. The van der Waals surface area contributed by atoms with Crippen LogP contribution in [0.3, 0.4) is 0 Å². The lowest BCUT2D eigenvalue weighted by Gasteiger charge is -2.35. The van der Waals surface area contributed by atoms with Crippen molar-refractivity contribution in [3.05, 3.63) is 16.9 Å². The molecule has 0 aliphatic carbocycles. The Labute approximate surface area is 180 Å². The number of hydrogen-bond acceptors (Lipinski definition) is 6. The van der Waals surface area contributed by atoms with Crippen molar-refractivity contribution in [1.29, 1.82) is 0 Å². The van der Waals surface area contributed by atoms with E-state index in [1.54, 1.807) is 6.07 Å². The number of nitrogens with zero attached hydrogens (tertiary/aromatic N) is 2. The summed E-state index contributed by atoms with van der Waals surface area (Å²) >= 11 is 5.95. The predicted octanol–water partition coefficient (Wildman–Crippen LogP) is 4.44. The summed E-state index contributed by atoms with van der Waals surface area (Å²) in [6.07, 6.45) is -0.465. The zero-order chi connectivity index (χ0) is 22.3. The second-order valence-electron chi connectivity index (χ2n) is 9.14. The van der Waals surface area contributed by atoms with Crippen molar-refractivity contribution in [2.75, 3.05) is 25.0 Å². The average molecular weight is 441 g/mol. The summed E-state index contributed by atoms with van der Waals surface area (Å²) in [6.45, 7) is 17.5. The molecule has 1 aromatic rings. The number of rotatable bonds is 6. The normalized spacial score (nSPS) is 12.0. The van der Waals surface area contributed by atoms with Crippen LogP contribution in [-0.2, 0) is 9.16 Å². The quantitative estimate of drug-likeness (QED) is 0.386. The molecule has 0 radical (unpaired) electrons. The number of aromatic nitrogens is 2. The van der Waals surface area contributed by atoms with E-state index in [0.717, 1.165) is 0 Å². The number of amides is 1. The van der Waals surface area contributed by atoms with Gasteiger partial charge in [0.15, 0.2) is 19.2 Å². The maximum Gasteiger partial charge on any atom is 0.407 e. The summed E-state index contributed by atoms with van der Waals surface area (Å²) in [4.78, 5) is 11.7. The number of anilines is 1. The monoisotopic (exact) mass is 440 g/mol. The predicted molar refractivity (Wildman–Crippen MR) is 120 cm³/mol. The Morgan fingerprint density at radius 3 is 2.41 bits per heavy atom. The molecule has 1 heterocycles. The van der Waals surface area contributed by atoms with Gasteiger partial charge in [-0.15, -0.1) is 10.2 Å². The van der Waals surface area contributed by atoms with E-state index in [2.05, 4.69) is 66.5 Å². The average Bonchev–Trinajstić information content (AvgIpc) is 2.54. The fraction of sp³-hybridized carbons (Fsp3) is 0.650. The van der Waals surface area contributed by atoms with E-state index in [-0.39, 0.29) is 10.2 Å². The van der Waals surface area contributed by atoms with E-state index >= 15 is 0 Å². The number of ether oxygens (including phenoxy) is 1. The molecule has 0 aliphatic heterocycles. The van der Waals surface area contributed by atoms with Crippen molar-refractivity contribution in [3.63, 3.8) is 0 Å². The molecule has 0 unspecified atom stereocenters. The van der Waals surface area contributed by atoms with Crippen LogP contribution in [0.4, 0.5) is 10.5 Å². The van der Waals surface area contributed by atoms with Crippen molar-refractivity contribution in [3.8, 4) is 11.8 Å². The van der Waals surface area contributed by atoms with Gasteiger partial charge in [0.2, 0.25) is 0 Å². The first-order valence-electron chi connectivity index (χ1n) is 9.58. The minimum Gasteiger partial charge on any atom is -0.444 e. The molecule has 1 rings (SSSR count). The molecule has 9 heteroatoms. The molecule has 0 fully saturated rings. The van der Waals surface area contributed by atoms with Crippen molar-refractivity contribution in [1.82, 2.24) is 15.5 Å². The summed E-state index contributed by atoms with van der Waals surface area (Å²) in [6, 6.07) is 1.65. The number of carbonyl (C=O) groups excluding carboxylic acids is 1. The van der Waals surface area contributed by atoms with Crippen LogP contribution >= 0.6 is 11.6 Å². The fourth-order valence-electron chi connectivity index (χ4n) is 1.82. The molecule has 0 atom stereocenters. The van der Waals surface area contributed by atoms with E-state index in [1.807, 2.05) is 20.8 Å². The number of alkyl carbamates (subject to hydrolysis) is 1. The Morgan fingerprint density at radius 2 is 1.83 bits per heavy atom. The Kier molecular flexibility index (Phi) is 8.94. The van der Waals surface area contributed by atoms with Gasteiger partial charge in [-0.2, -0.15) is 0 Å². The van der Waals surface area contributed by atoms with Crippen molar-refractivity contribution in [2.24, 2.45) is 0 Å². The number of nitrogens with one attached hydrogen (secondary N) is 2. The first-order chi connectivity index (χ1) is 13.2. The van der Waals surface area contributed by atoms with Gasteiger partial charge in [-0.3, -0.25) is 0 Å². The third kappa shape index (κ3) is 9.48. The molecule has 0 bridgehead atoms. The SMILES string of the molecule is CC(C)(C)OC(=O)NCCNc1cc(Cl)nnc1C#CCO[Si](C)(C)C(C)(C)C. The first kappa shape index (κ1) is 25.2. The van der Waals surface area contributed by atoms with E-state index in [4.69, 9.17) is 20.8 Å². The largest absolute Gasteiger partial charge is 0.444 e. The lowest BCUT2D eigenvalue weighted by molar-refractivity contribution is 0.0530. The molecule has 0 aromatic carbocycles. The van der Waals surface area contributed by atoms with Crippen LogP contribution in [0.15, 0.2) is 6.07 Å². The molecule has 162 valence electrons. The number of hydrogen-bond donors (Lipinski definition) is 2. The Balaban J connectivity index is 2.64. The van der Waals surface area contributed by atoms with Gasteiger partial charge in [-0.05, 0) is 44.8 Å². The minimum absolute atomic E-state index is 0.128. The summed E-state index contributed by atoms with van der Waals surface area (Å²) in [7, 11) is -1.85. The highest BCUT2D eigenvalue weighted by Crippen LogP contribution is 2.36. The highest BCUT2D eigenvalue weighted by atomic mass is 35.5. The molecular weight excluding hydrogens is 408 g/mol. The highest BCUT2D eigenvalue weighted by Gasteiger charge is 2.36. The van der Waals surface area contributed by atoms with Gasteiger partial charge in [-0.25, -0.2) is 4.79 Å². The van der Waals surface area contributed by atoms with Gasteiger partial charge in [0.25, 0.3) is 0 Å². The molecule has 7 nitrogen and oxygen atoms in total. The van der Waals surface area contributed by atoms with Crippen LogP contribution in [0.25, 0.3) is 0 Å². The molecule has 0 aliphatic rings. The highest BCUT2D eigenvalue weighted by molar-refractivity contribution is 6.74. The molecule has 2 N–H and O–H groups in total. The number of halogens is 1. The van der Waals surface area contributed by atoms with Crippen LogP contribution < -0.4 is 10.6 Å². The molecule has 0 spiro atoms. The lowest BCUT2D eigenvalue weighted by atomic mass is 10.2. The Bertz CT molecular complexity index is 762. The van der Waals surface area contributed by atoms with Crippen LogP contribution in [0, 0.1) is 11.8 Å². The zero-order valence-corrected chi connectivity index (χ0v) is 20.5. The van der Waals surface area contributed by atoms with E-state index in [9.17, 15) is 4.79 Å². The standard InChI is InChI=1S/C20H33ClN4O3Si/c1-19(2,3)28-18(26)23-12-11-22-16-14-17(21)25-24-15(16)10-9-13-27-29(7,8)20(4,5)6/h14H,11-13H2,1-8H3,(H,22,25)(H,23,26). The van der Waals surface area contributed by atoms with E-state index in [0.29, 0.717) is 31.1 Å². The zero-order valence-electron chi connectivity index (χ0n) is 18.7. The van der Waals surface area contributed by atoms with Gasteiger partial charge >= 0.3 is 6.09 Å². The number of carbonyl (C=O) groups is 1. The second kappa shape index (κ2) is 10.3. The van der Waals surface area contributed by atoms with Crippen molar-refractivity contribution >= 4 is 31.7 Å². The second-order valence-corrected chi connectivity index (χ2v) is 14.3. The maximum atomic E-state index is 11.7. The topological polar surface area (TPSA) is 85.4 Å². The van der Waals surface area contributed by atoms with Crippen LogP contribution in [0.2, 0.25) is 23.3 Å². The van der Waals surface area contributed by atoms with Gasteiger partial charge in [-0.1, -0.05) is 38.3 Å². The molecule has 0 saturated carbocycles. The summed E-state index contributed by atoms with van der Waals surface area (Å²) < 4.78 is 11.2. The molecular formula is C20H33ClN4O3Si.